The first kappa shape index (κ1) is 20.7. The lowest BCUT2D eigenvalue weighted by Gasteiger charge is -2.29. The highest BCUT2D eigenvalue weighted by molar-refractivity contribution is 7.80. The van der Waals surface area contributed by atoms with Gasteiger partial charge in [-0.15, -0.1) is 0 Å². The number of hydrogen-bond donors (Lipinski definition) is 1. The summed E-state index contributed by atoms with van der Waals surface area (Å²) in [5, 5.41) is 3.29. The predicted molar refractivity (Wildman–Crippen MR) is 112 cm³/mol. The van der Waals surface area contributed by atoms with Gasteiger partial charge in [-0.05, 0) is 60.6 Å². The summed E-state index contributed by atoms with van der Waals surface area (Å²) in [6, 6.07) is 12.2. The summed E-state index contributed by atoms with van der Waals surface area (Å²) < 4.78 is 18.4. The van der Waals surface area contributed by atoms with Crippen molar-refractivity contribution in [2.45, 2.75) is 18.9 Å². The number of hydrogen-bond acceptors (Lipinski definition) is 4. The van der Waals surface area contributed by atoms with Gasteiger partial charge in [0.2, 0.25) is 5.91 Å². The molecule has 8 heteroatoms. The summed E-state index contributed by atoms with van der Waals surface area (Å²) >= 11 is 5.40. The average molecular weight is 415 g/mol. The molecule has 1 saturated heterocycles. The van der Waals surface area contributed by atoms with Crippen LogP contribution >= 0.6 is 12.2 Å². The van der Waals surface area contributed by atoms with Gasteiger partial charge in [0.25, 0.3) is 5.91 Å². The van der Waals surface area contributed by atoms with E-state index in [2.05, 4.69) is 5.32 Å². The highest BCUT2D eigenvalue weighted by Gasteiger charge is 2.43. The number of anilines is 1. The van der Waals surface area contributed by atoms with E-state index in [0.29, 0.717) is 23.8 Å². The molecule has 1 atom stereocenters. The Morgan fingerprint density at radius 3 is 2.45 bits per heavy atom. The monoisotopic (exact) mass is 415 g/mol. The van der Waals surface area contributed by atoms with Gasteiger partial charge in [-0.2, -0.15) is 0 Å². The molecule has 0 radical (unpaired) electrons. The molecule has 6 nitrogen and oxygen atoms in total. The maximum Gasteiger partial charge on any atom is 0.257 e. The standard InChI is InChI=1S/C21H22FN3O3S/c1-23-21(29)24(12-11-14-3-9-17(28-2)10-4-14)18-13-19(26)25(20(18)27)16-7-5-15(22)6-8-16/h3-10,18H,11-13H2,1-2H3,(H,23,29). The number of ether oxygens (including phenoxy) is 1. The fourth-order valence-electron chi connectivity index (χ4n) is 3.31. The van der Waals surface area contributed by atoms with Gasteiger partial charge in [0.05, 0.1) is 19.2 Å². The van der Waals surface area contributed by atoms with Gasteiger partial charge in [-0.3, -0.25) is 9.59 Å². The lowest BCUT2D eigenvalue weighted by molar-refractivity contribution is -0.122. The first-order valence-electron chi connectivity index (χ1n) is 9.18. The first-order valence-corrected chi connectivity index (χ1v) is 9.59. The second kappa shape index (κ2) is 9.00. The van der Waals surface area contributed by atoms with E-state index >= 15 is 0 Å². The highest BCUT2D eigenvalue weighted by Crippen LogP contribution is 2.26. The summed E-state index contributed by atoms with van der Waals surface area (Å²) in [5.74, 6) is -0.362. The Bertz CT molecular complexity index is 902. The molecular formula is C21H22FN3O3S. The third-order valence-electron chi connectivity index (χ3n) is 4.86. The largest absolute Gasteiger partial charge is 0.497 e. The molecular weight excluding hydrogens is 393 g/mol. The van der Waals surface area contributed by atoms with Crippen LogP contribution in [0.2, 0.25) is 0 Å². The zero-order chi connectivity index (χ0) is 21.0. The van der Waals surface area contributed by atoms with Crippen molar-refractivity contribution in [3.05, 3.63) is 59.9 Å². The van der Waals surface area contributed by atoms with E-state index < -0.39 is 11.9 Å². The number of thiocarbonyl (C=S) groups is 1. The molecule has 1 heterocycles. The van der Waals surface area contributed by atoms with Crippen molar-refractivity contribution in [2.75, 3.05) is 25.6 Å². The number of nitrogens with one attached hydrogen (secondary N) is 1. The van der Waals surface area contributed by atoms with E-state index in [1.807, 2.05) is 24.3 Å². The van der Waals surface area contributed by atoms with E-state index in [9.17, 15) is 14.0 Å². The van der Waals surface area contributed by atoms with Gasteiger partial charge in [-0.25, -0.2) is 9.29 Å². The molecule has 3 rings (SSSR count). The molecule has 1 unspecified atom stereocenters. The van der Waals surface area contributed by atoms with Gasteiger partial charge in [0.1, 0.15) is 17.6 Å². The number of imide groups is 1. The Kier molecular flexibility index (Phi) is 6.43. The van der Waals surface area contributed by atoms with Crippen LogP contribution in [0.25, 0.3) is 0 Å². The Morgan fingerprint density at radius 2 is 1.86 bits per heavy atom. The van der Waals surface area contributed by atoms with Gasteiger partial charge < -0.3 is 15.0 Å². The van der Waals surface area contributed by atoms with Crippen LogP contribution in [0.1, 0.15) is 12.0 Å². The minimum Gasteiger partial charge on any atom is -0.497 e. The summed E-state index contributed by atoms with van der Waals surface area (Å²) in [7, 11) is 3.29. The van der Waals surface area contributed by atoms with Crippen molar-refractivity contribution in [1.29, 1.82) is 0 Å². The molecule has 29 heavy (non-hydrogen) atoms. The minimum absolute atomic E-state index is 0.0145. The molecule has 1 N–H and O–H groups in total. The van der Waals surface area contributed by atoms with Crippen molar-refractivity contribution in [3.8, 4) is 5.75 Å². The SMILES string of the molecule is CNC(=S)N(CCc1ccc(OC)cc1)C1CC(=O)N(c2ccc(F)cc2)C1=O. The van der Waals surface area contributed by atoms with Gasteiger partial charge in [0, 0.05) is 13.6 Å². The Morgan fingerprint density at radius 1 is 1.21 bits per heavy atom. The molecule has 1 aliphatic heterocycles. The number of carbonyl (C=O) groups excluding carboxylic acids is 2. The third kappa shape index (κ3) is 4.54. The third-order valence-corrected chi connectivity index (χ3v) is 5.30. The second-order valence-corrected chi connectivity index (χ2v) is 7.00. The van der Waals surface area contributed by atoms with Crippen molar-refractivity contribution in [1.82, 2.24) is 10.2 Å². The average Bonchev–Trinajstić information content (AvgIpc) is 3.03. The molecule has 1 aliphatic rings. The van der Waals surface area contributed by atoms with Crippen LogP contribution in [-0.4, -0.2) is 48.6 Å². The smallest absolute Gasteiger partial charge is 0.257 e. The van der Waals surface area contributed by atoms with Gasteiger partial charge >= 0.3 is 0 Å². The van der Waals surface area contributed by atoms with E-state index in [1.165, 1.54) is 24.3 Å². The van der Waals surface area contributed by atoms with Crippen molar-refractivity contribution >= 4 is 34.8 Å². The van der Waals surface area contributed by atoms with Gasteiger partial charge in [-0.1, -0.05) is 12.1 Å². The van der Waals surface area contributed by atoms with Crippen molar-refractivity contribution in [2.24, 2.45) is 0 Å². The number of methoxy groups -OCH3 is 1. The number of nitrogens with zero attached hydrogens (tertiary/aromatic N) is 2. The van der Waals surface area contributed by atoms with Crippen molar-refractivity contribution in [3.63, 3.8) is 0 Å². The predicted octanol–water partition coefficient (Wildman–Crippen LogP) is 2.52. The van der Waals surface area contributed by atoms with E-state index in [4.69, 9.17) is 17.0 Å². The van der Waals surface area contributed by atoms with E-state index in [1.54, 1.807) is 19.1 Å². The molecule has 1 fully saturated rings. The molecule has 2 amide bonds. The van der Waals surface area contributed by atoms with Gasteiger partial charge in [0.15, 0.2) is 5.11 Å². The molecule has 0 bridgehead atoms. The lowest BCUT2D eigenvalue weighted by Crippen LogP contribution is -2.49. The van der Waals surface area contributed by atoms with Crippen LogP contribution in [0, 0.1) is 5.82 Å². The fraction of sp³-hybridized carbons (Fsp3) is 0.286. The van der Waals surface area contributed by atoms with Crippen LogP contribution in [0.3, 0.4) is 0 Å². The highest BCUT2D eigenvalue weighted by atomic mass is 32.1. The van der Waals surface area contributed by atoms with Crippen molar-refractivity contribution < 1.29 is 18.7 Å². The van der Waals surface area contributed by atoms with Crippen LogP contribution in [0.5, 0.6) is 5.75 Å². The Labute approximate surface area is 174 Å². The summed E-state index contributed by atoms with van der Waals surface area (Å²) in [4.78, 5) is 28.4. The molecule has 0 spiro atoms. The molecule has 0 aliphatic carbocycles. The zero-order valence-corrected chi connectivity index (χ0v) is 17.0. The maximum atomic E-state index is 13.2. The Hall–Kier alpha value is -3.00. The van der Waals surface area contributed by atoms with E-state index in [0.717, 1.165) is 16.2 Å². The summed E-state index contributed by atoms with van der Waals surface area (Å²) in [5.41, 5.74) is 1.41. The fourth-order valence-corrected chi connectivity index (χ4v) is 3.52. The van der Waals surface area contributed by atoms with E-state index in [-0.39, 0.29) is 18.2 Å². The summed E-state index contributed by atoms with van der Waals surface area (Å²) in [6.45, 7) is 0.465. The molecule has 2 aromatic carbocycles. The summed E-state index contributed by atoms with van der Waals surface area (Å²) in [6.07, 6.45) is 0.654. The van der Waals surface area contributed by atoms with Crippen LogP contribution in [-0.2, 0) is 16.0 Å². The Balaban J connectivity index is 1.77. The normalized spacial score (nSPS) is 16.1. The quantitative estimate of drug-likeness (QED) is 0.578. The second-order valence-electron chi connectivity index (χ2n) is 6.61. The maximum absolute atomic E-state index is 13.2. The van der Waals surface area contributed by atoms with Crippen LogP contribution < -0.4 is 15.0 Å². The number of carbonyl (C=O) groups is 2. The molecule has 152 valence electrons. The zero-order valence-electron chi connectivity index (χ0n) is 16.2. The molecule has 0 aromatic heterocycles. The lowest BCUT2D eigenvalue weighted by atomic mass is 10.1. The van der Waals surface area contributed by atoms with Crippen LogP contribution in [0.4, 0.5) is 10.1 Å². The number of rotatable bonds is 6. The molecule has 0 saturated carbocycles. The minimum atomic E-state index is -0.703. The number of amides is 2. The topological polar surface area (TPSA) is 61.9 Å². The number of halogens is 1. The first-order chi connectivity index (χ1) is 13.9. The van der Waals surface area contributed by atoms with Crippen LogP contribution in [0.15, 0.2) is 48.5 Å². The molecule has 2 aromatic rings. The number of benzene rings is 2.